The molecule has 0 amide bonds. The van der Waals surface area contributed by atoms with E-state index in [4.69, 9.17) is 41.9 Å². The molecule has 52 heavy (non-hydrogen) atoms. The number of benzene rings is 1. The van der Waals surface area contributed by atoms with Crippen molar-refractivity contribution in [2.75, 3.05) is 0 Å². The average Bonchev–Trinajstić information content (AvgIpc) is 3.16. The minimum atomic E-state index is 0.270. The Morgan fingerprint density at radius 2 is 0.673 bits per heavy atom. The zero-order valence-corrected chi connectivity index (χ0v) is 32.1. The lowest BCUT2D eigenvalue weighted by molar-refractivity contribution is -0.132. The molecule has 0 bridgehead atoms. The summed E-state index contributed by atoms with van der Waals surface area (Å²) in [6.07, 6.45) is 27.7. The fraction of sp³-hybridized carbons (Fsp3) is 0.837. The number of Topliss-reactive ketones (excluding diaryl/α,β-unsaturated/α-hetero) is 1. The highest BCUT2D eigenvalue weighted by molar-refractivity contribution is 5.83. The van der Waals surface area contributed by atoms with E-state index in [-0.39, 0.29) is 11.8 Å². The van der Waals surface area contributed by atoms with Gasteiger partial charge in [-0.15, -0.1) is 0 Å². The Hall–Kier alpha value is -1.75. The second kappa shape index (κ2) is 20.2. The number of hydrogen-bond acceptors (Lipinski definition) is 9. The van der Waals surface area contributed by atoms with Crippen molar-refractivity contribution in [3.8, 4) is 11.5 Å². The Kier molecular flexibility index (Phi) is 15.5. The van der Waals surface area contributed by atoms with Crippen LogP contribution in [0.2, 0.25) is 0 Å². The lowest BCUT2D eigenvalue weighted by atomic mass is 9.75. The molecule has 0 spiro atoms. The van der Waals surface area contributed by atoms with Gasteiger partial charge in [-0.25, -0.2) is 0 Å². The van der Waals surface area contributed by atoms with Crippen LogP contribution in [0.4, 0.5) is 0 Å². The summed E-state index contributed by atoms with van der Waals surface area (Å²) >= 11 is 0. The van der Waals surface area contributed by atoms with Gasteiger partial charge < -0.3 is 41.9 Å². The molecule has 6 saturated carbocycles. The summed E-state index contributed by atoms with van der Waals surface area (Å²) in [5, 5.41) is 0. The molecule has 9 heteroatoms. The molecule has 294 valence electrons. The molecule has 0 atom stereocenters. The molecular formula is C43H72N4O5. The highest BCUT2D eigenvalue weighted by atomic mass is 16.5. The molecule has 6 aliphatic rings. The number of rotatable bonds is 10. The summed E-state index contributed by atoms with van der Waals surface area (Å²) < 4.78 is 24.9. The van der Waals surface area contributed by atoms with Gasteiger partial charge in [-0.3, -0.25) is 4.79 Å². The zero-order chi connectivity index (χ0) is 36.3. The smallest absolute Gasteiger partial charge is 0.139 e. The normalized spacial score (nSPS) is 38.7. The first-order valence-electron chi connectivity index (χ1n) is 21.6. The van der Waals surface area contributed by atoms with Crippen molar-refractivity contribution in [1.29, 1.82) is 0 Å². The highest BCUT2D eigenvalue weighted by Crippen LogP contribution is 2.37. The van der Waals surface area contributed by atoms with E-state index in [1.54, 1.807) is 0 Å². The number of nitrogens with two attached hydrogens (primary N) is 4. The standard InChI is InChI=1S/C25H44N2O3.C18H28N2O2/c26-19-5-13-23(14-6-19)29-21-9-1-17(2-10-21)25(28)18-3-11-22(12-4-18)30-24-15-7-20(27)8-16-24;19-13-4-8-15(9-5-13)21-17-2-1-3-18(12-17)22-16-10-6-14(20)7-11-16/h17-24H,1-16,26-27H2;1-3,12-16H,4-11,19-20H2. The van der Waals surface area contributed by atoms with Crippen LogP contribution in [-0.4, -0.2) is 66.6 Å². The Morgan fingerprint density at radius 3 is 0.981 bits per heavy atom. The van der Waals surface area contributed by atoms with E-state index in [0.29, 0.717) is 66.6 Å². The van der Waals surface area contributed by atoms with E-state index in [2.05, 4.69) is 0 Å². The summed E-state index contributed by atoms with van der Waals surface area (Å²) in [5.41, 5.74) is 23.9. The lowest BCUT2D eigenvalue weighted by Crippen LogP contribution is -2.37. The van der Waals surface area contributed by atoms with Gasteiger partial charge in [0.05, 0.1) is 36.6 Å². The predicted octanol–water partition coefficient (Wildman–Crippen LogP) is 7.23. The second-order valence-corrected chi connectivity index (χ2v) is 17.5. The predicted molar refractivity (Wildman–Crippen MR) is 207 cm³/mol. The van der Waals surface area contributed by atoms with Crippen molar-refractivity contribution >= 4 is 5.78 Å². The van der Waals surface area contributed by atoms with Crippen molar-refractivity contribution in [3.63, 3.8) is 0 Å². The summed E-state index contributed by atoms with van der Waals surface area (Å²) in [5.74, 6) is 2.90. The molecule has 8 N–H and O–H groups in total. The van der Waals surface area contributed by atoms with Gasteiger partial charge in [-0.05, 0) is 166 Å². The fourth-order valence-corrected chi connectivity index (χ4v) is 9.71. The second-order valence-electron chi connectivity index (χ2n) is 17.5. The summed E-state index contributed by atoms with van der Waals surface area (Å²) in [7, 11) is 0. The van der Waals surface area contributed by atoms with Crippen LogP contribution < -0.4 is 32.4 Å². The third kappa shape index (κ3) is 12.7. The fourth-order valence-electron chi connectivity index (χ4n) is 9.71. The third-order valence-corrected chi connectivity index (χ3v) is 13.2. The van der Waals surface area contributed by atoms with Crippen molar-refractivity contribution < 1.29 is 23.7 Å². The number of ketones is 1. The molecule has 1 aromatic carbocycles. The molecule has 0 unspecified atom stereocenters. The molecule has 0 radical (unpaired) electrons. The molecule has 1 aromatic rings. The molecule has 6 fully saturated rings. The van der Waals surface area contributed by atoms with Gasteiger partial charge >= 0.3 is 0 Å². The minimum absolute atomic E-state index is 0.270. The third-order valence-electron chi connectivity index (χ3n) is 13.2. The van der Waals surface area contributed by atoms with Crippen molar-refractivity contribution in [2.45, 2.75) is 215 Å². The Morgan fingerprint density at radius 1 is 0.404 bits per heavy atom. The molecular weight excluding hydrogens is 652 g/mol. The van der Waals surface area contributed by atoms with Crippen LogP contribution >= 0.6 is 0 Å². The van der Waals surface area contributed by atoms with E-state index in [1.807, 2.05) is 24.3 Å². The Balaban J connectivity index is 0.000000187. The summed E-state index contributed by atoms with van der Waals surface area (Å²) in [4.78, 5) is 13.1. The van der Waals surface area contributed by atoms with E-state index < -0.39 is 0 Å². The number of ether oxygens (including phenoxy) is 4. The maximum atomic E-state index is 13.1. The maximum absolute atomic E-state index is 13.1. The van der Waals surface area contributed by atoms with Gasteiger partial charge in [0.2, 0.25) is 0 Å². The van der Waals surface area contributed by atoms with E-state index in [0.717, 1.165) is 166 Å². The van der Waals surface area contributed by atoms with Crippen LogP contribution in [0.25, 0.3) is 0 Å². The van der Waals surface area contributed by atoms with Crippen LogP contribution in [0.5, 0.6) is 11.5 Å². The van der Waals surface area contributed by atoms with E-state index in [1.165, 1.54) is 0 Å². The monoisotopic (exact) mass is 725 g/mol. The Bertz CT molecular complexity index is 1090. The maximum Gasteiger partial charge on any atom is 0.139 e. The van der Waals surface area contributed by atoms with Gasteiger partial charge in [-0.2, -0.15) is 0 Å². The Labute approximate surface area is 314 Å². The first kappa shape index (κ1) is 39.9. The van der Waals surface area contributed by atoms with Gasteiger partial charge in [0.15, 0.2) is 0 Å². The largest absolute Gasteiger partial charge is 0.490 e. The van der Waals surface area contributed by atoms with Crippen LogP contribution in [0, 0.1) is 11.8 Å². The summed E-state index contributed by atoms with van der Waals surface area (Å²) in [6.45, 7) is 0. The first-order valence-corrected chi connectivity index (χ1v) is 21.6. The van der Waals surface area contributed by atoms with Crippen molar-refractivity contribution in [1.82, 2.24) is 0 Å². The van der Waals surface area contributed by atoms with Gasteiger partial charge in [-0.1, -0.05) is 6.07 Å². The van der Waals surface area contributed by atoms with Crippen molar-refractivity contribution in [2.24, 2.45) is 34.8 Å². The average molecular weight is 725 g/mol. The molecule has 0 aromatic heterocycles. The summed E-state index contributed by atoms with van der Waals surface area (Å²) in [6, 6.07) is 9.51. The van der Waals surface area contributed by atoms with Crippen LogP contribution in [-0.2, 0) is 14.3 Å². The van der Waals surface area contributed by atoms with E-state index in [9.17, 15) is 4.79 Å². The molecule has 0 saturated heterocycles. The molecule has 0 aliphatic heterocycles. The van der Waals surface area contributed by atoms with Crippen LogP contribution in [0.3, 0.4) is 0 Å². The van der Waals surface area contributed by atoms with Gasteiger partial charge in [0.25, 0.3) is 0 Å². The van der Waals surface area contributed by atoms with Gasteiger partial charge in [0, 0.05) is 42.1 Å². The number of carbonyl (C=O) groups is 1. The molecule has 0 heterocycles. The SMILES string of the molecule is NC1CCC(OC2CCC(C(=O)C3CCC(OC4CCC(N)CC4)CC3)CC2)CC1.NC1CCC(Oc2cccc(OC3CCC(N)CC3)c2)CC1. The number of hydrogen-bond donors (Lipinski definition) is 4. The van der Waals surface area contributed by atoms with Gasteiger partial charge in [0.1, 0.15) is 17.3 Å². The quantitative estimate of drug-likeness (QED) is 0.195. The zero-order valence-electron chi connectivity index (χ0n) is 32.1. The topological polar surface area (TPSA) is 158 Å². The molecule has 9 nitrogen and oxygen atoms in total. The van der Waals surface area contributed by atoms with Crippen molar-refractivity contribution in [3.05, 3.63) is 24.3 Å². The molecule has 7 rings (SSSR count). The molecule has 6 aliphatic carbocycles. The highest BCUT2D eigenvalue weighted by Gasteiger charge is 2.35. The lowest BCUT2D eigenvalue weighted by Gasteiger charge is -2.36. The van der Waals surface area contributed by atoms with Crippen LogP contribution in [0.1, 0.15) is 154 Å². The minimum Gasteiger partial charge on any atom is -0.490 e. The number of carbonyl (C=O) groups excluding carboxylic acids is 1. The van der Waals surface area contributed by atoms with Crippen LogP contribution in [0.15, 0.2) is 24.3 Å². The van der Waals surface area contributed by atoms with E-state index >= 15 is 0 Å². The first-order chi connectivity index (χ1) is 25.3.